The van der Waals surface area contributed by atoms with Gasteiger partial charge in [0.2, 0.25) is 5.16 Å². The lowest BCUT2D eigenvalue weighted by Gasteiger charge is -2.16. The number of nitrogens with zero attached hydrogens (tertiary/aromatic N) is 6. The Bertz CT molecular complexity index is 1140. The van der Waals surface area contributed by atoms with Crippen LogP contribution in [0.25, 0.3) is 17.1 Å². The third-order valence-corrected chi connectivity index (χ3v) is 5.28. The highest BCUT2D eigenvalue weighted by molar-refractivity contribution is 7.99. The van der Waals surface area contributed by atoms with Crippen molar-refractivity contribution in [1.29, 1.82) is 0 Å². The van der Waals surface area contributed by atoms with Gasteiger partial charge in [-0.05, 0) is 54.2 Å². The molecule has 0 saturated heterocycles. The first-order valence-corrected chi connectivity index (χ1v) is 10.3. The molecule has 8 heteroatoms. The maximum absolute atomic E-state index is 5.30. The molecule has 0 N–H and O–H groups in total. The van der Waals surface area contributed by atoms with Gasteiger partial charge in [0.1, 0.15) is 16.6 Å². The summed E-state index contributed by atoms with van der Waals surface area (Å²) in [7, 11) is 1.65. The predicted octanol–water partition coefficient (Wildman–Crippen LogP) is 4.58. The van der Waals surface area contributed by atoms with Gasteiger partial charge in [0.25, 0.3) is 0 Å². The van der Waals surface area contributed by atoms with Crippen LogP contribution in [0.5, 0.6) is 5.75 Å². The molecule has 30 heavy (non-hydrogen) atoms. The molecule has 3 aromatic heterocycles. The van der Waals surface area contributed by atoms with E-state index in [1.807, 2.05) is 47.0 Å². The van der Waals surface area contributed by atoms with Gasteiger partial charge in [-0.15, -0.1) is 10.2 Å². The monoisotopic (exact) mass is 418 g/mol. The lowest BCUT2D eigenvalue weighted by atomic mass is 9.96. The molecule has 152 valence electrons. The third kappa shape index (κ3) is 4.18. The average molecular weight is 419 g/mol. The molecule has 0 atom stereocenters. The van der Waals surface area contributed by atoms with E-state index >= 15 is 0 Å². The average Bonchev–Trinajstić information content (AvgIpc) is 3.17. The van der Waals surface area contributed by atoms with E-state index in [1.54, 1.807) is 25.7 Å². The summed E-state index contributed by atoms with van der Waals surface area (Å²) in [5, 5.41) is 10.5. The molecule has 1 aromatic carbocycles. The van der Waals surface area contributed by atoms with E-state index in [9.17, 15) is 0 Å². The number of rotatable bonds is 5. The Hall–Kier alpha value is -3.26. The van der Waals surface area contributed by atoms with Crippen molar-refractivity contribution in [3.63, 3.8) is 0 Å². The normalized spacial score (nSPS) is 11.5. The number of hydrogen-bond acceptors (Lipinski definition) is 7. The third-order valence-electron chi connectivity index (χ3n) is 4.40. The molecule has 4 aromatic rings. The summed E-state index contributed by atoms with van der Waals surface area (Å²) >= 11 is 1.46. The van der Waals surface area contributed by atoms with E-state index in [-0.39, 0.29) is 5.41 Å². The second-order valence-electron chi connectivity index (χ2n) is 7.65. The predicted molar refractivity (Wildman–Crippen MR) is 116 cm³/mol. The molecule has 0 aliphatic heterocycles. The van der Waals surface area contributed by atoms with Gasteiger partial charge in [-0.3, -0.25) is 9.55 Å². The summed E-state index contributed by atoms with van der Waals surface area (Å²) in [5.41, 5.74) is 1.72. The van der Waals surface area contributed by atoms with Gasteiger partial charge >= 0.3 is 0 Å². The molecule has 4 rings (SSSR count). The number of ether oxygens (including phenoxy) is 1. The zero-order chi connectivity index (χ0) is 21.1. The van der Waals surface area contributed by atoms with Crippen molar-refractivity contribution < 1.29 is 4.74 Å². The molecule has 0 unspecified atom stereocenters. The maximum atomic E-state index is 5.30. The molecular weight excluding hydrogens is 396 g/mol. The highest BCUT2D eigenvalue weighted by Gasteiger charge is 2.20. The van der Waals surface area contributed by atoms with Crippen molar-refractivity contribution >= 4 is 11.8 Å². The fourth-order valence-electron chi connectivity index (χ4n) is 2.84. The van der Waals surface area contributed by atoms with Crippen LogP contribution in [0, 0.1) is 0 Å². The lowest BCUT2D eigenvalue weighted by Crippen LogP contribution is -2.15. The first-order chi connectivity index (χ1) is 14.5. The highest BCUT2D eigenvalue weighted by Crippen LogP contribution is 2.32. The van der Waals surface area contributed by atoms with Crippen LogP contribution in [0.15, 0.2) is 71.2 Å². The second-order valence-corrected chi connectivity index (χ2v) is 8.63. The Kier molecular flexibility index (Phi) is 5.50. The molecule has 0 spiro atoms. The molecule has 0 saturated carbocycles. The van der Waals surface area contributed by atoms with Crippen molar-refractivity contribution in [1.82, 2.24) is 29.7 Å². The van der Waals surface area contributed by atoms with Gasteiger partial charge in [0.15, 0.2) is 5.82 Å². The SMILES string of the molecule is COc1ccc(-n2c(Sc3ccnc(C(C)(C)C)n3)nnc2-c2ccncc2)cc1. The quantitative estimate of drug-likeness (QED) is 0.439. The minimum Gasteiger partial charge on any atom is -0.497 e. The molecule has 0 aliphatic carbocycles. The fraction of sp³-hybridized carbons (Fsp3) is 0.227. The summed E-state index contributed by atoms with van der Waals surface area (Å²) in [6, 6.07) is 13.5. The minimum absolute atomic E-state index is 0.136. The first-order valence-electron chi connectivity index (χ1n) is 9.47. The molecule has 0 aliphatic rings. The van der Waals surface area contributed by atoms with Crippen LogP contribution in [0.4, 0.5) is 0 Å². The largest absolute Gasteiger partial charge is 0.497 e. The van der Waals surface area contributed by atoms with Crippen LogP contribution in [0.3, 0.4) is 0 Å². The Morgan fingerprint density at radius 1 is 0.900 bits per heavy atom. The van der Waals surface area contributed by atoms with E-state index in [2.05, 4.69) is 40.9 Å². The second kappa shape index (κ2) is 8.23. The highest BCUT2D eigenvalue weighted by atomic mass is 32.2. The summed E-state index contributed by atoms with van der Waals surface area (Å²) in [5.74, 6) is 2.31. The summed E-state index contributed by atoms with van der Waals surface area (Å²) in [4.78, 5) is 13.2. The van der Waals surface area contributed by atoms with Crippen LogP contribution in [0.2, 0.25) is 0 Å². The van der Waals surface area contributed by atoms with Gasteiger partial charge < -0.3 is 4.74 Å². The number of methoxy groups -OCH3 is 1. The van der Waals surface area contributed by atoms with E-state index in [4.69, 9.17) is 9.72 Å². The molecule has 7 nitrogen and oxygen atoms in total. The summed E-state index contributed by atoms with van der Waals surface area (Å²) in [6.07, 6.45) is 5.28. The topological polar surface area (TPSA) is 78.6 Å². The van der Waals surface area contributed by atoms with E-state index < -0.39 is 0 Å². The molecule has 0 radical (unpaired) electrons. The lowest BCUT2D eigenvalue weighted by molar-refractivity contribution is 0.414. The molecule has 0 amide bonds. The van der Waals surface area contributed by atoms with Gasteiger partial charge in [0, 0.05) is 29.6 Å². The van der Waals surface area contributed by atoms with Crippen molar-refractivity contribution in [2.24, 2.45) is 0 Å². The minimum atomic E-state index is -0.136. The van der Waals surface area contributed by atoms with Crippen LogP contribution >= 0.6 is 11.8 Å². The molecule has 0 fully saturated rings. The van der Waals surface area contributed by atoms with Gasteiger partial charge in [0.05, 0.1) is 12.8 Å². The van der Waals surface area contributed by atoms with E-state index in [0.717, 1.165) is 33.7 Å². The van der Waals surface area contributed by atoms with Crippen LogP contribution < -0.4 is 4.74 Å². The Morgan fingerprint density at radius 3 is 2.30 bits per heavy atom. The molecule has 3 heterocycles. The van der Waals surface area contributed by atoms with Gasteiger partial charge in [-0.1, -0.05) is 20.8 Å². The van der Waals surface area contributed by atoms with Gasteiger partial charge in [-0.2, -0.15) is 0 Å². The van der Waals surface area contributed by atoms with Crippen molar-refractivity contribution in [2.75, 3.05) is 7.11 Å². The first kappa shape index (κ1) is 20.0. The zero-order valence-electron chi connectivity index (χ0n) is 17.3. The van der Waals surface area contributed by atoms with Gasteiger partial charge in [-0.25, -0.2) is 9.97 Å². The number of aromatic nitrogens is 6. The summed E-state index contributed by atoms with van der Waals surface area (Å²) < 4.78 is 7.31. The zero-order valence-corrected chi connectivity index (χ0v) is 18.1. The number of hydrogen-bond donors (Lipinski definition) is 0. The molecule has 0 bridgehead atoms. The fourth-order valence-corrected chi connectivity index (χ4v) is 3.65. The Balaban J connectivity index is 1.79. The van der Waals surface area contributed by atoms with Crippen LogP contribution in [0.1, 0.15) is 26.6 Å². The van der Waals surface area contributed by atoms with Crippen molar-refractivity contribution in [3.05, 3.63) is 66.9 Å². The molecular formula is C22H22N6OS. The smallest absolute Gasteiger partial charge is 0.202 e. The van der Waals surface area contributed by atoms with Crippen molar-refractivity contribution in [3.8, 4) is 22.8 Å². The standard InChI is InChI=1S/C22H22N6OS/c1-22(2,3)20-24-14-11-18(25-20)30-21-27-26-19(15-9-12-23-13-10-15)28(21)16-5-7-17(29-4)8-6-16/h5-14H,1-4H3. The van der Waals surface area contributed by atoms with E-state index in [1.165, 1.54) is 11.8 Å². The Morgan fingerprint density at radius 2 is 1.63 bits per heavy atom. The summed E-state index contributed by atoms with van der Waals surface area (Å²) in [6.45, 7) is 6.29. The Labute approximate surface area is 179 Å². The number of pyridine rings is 1. The maximum Gasteiger partial charge on any atom is 0.202 e. The van der Waals surface area contributed by atoms with E-state index in [0.29, 0.717) is 5.16 Å². The van der Waals surface area contributed by atoms with Crippen LogP contribution in [-0.2, 0) is 5.41 Å². The van der Waals surface area contributed by atoms with Crippen molar-refractivity contribution in [2.45, 2.75) is 36.4 Å². The van der Waals surface area contributed by atoms with Crippen LogP contribution in [-0.4, -0.2) is 36.8 Å². The number of benzene rings is 1.